The van der Waals surface area contributed by atoms with E-state index in [0.717, 1.165) is 32.2 Å². The van der Waals surface area contributed by atoms with Crippen LogP contribution in [-0.2, 0) is 0 Å². The van der Waals surface area contributed by atoms with Crippen molar-refractivity contribution in [3.8, 4) is 0 Å². The molecule has 0 fully saturated rings. The maximum atomic E-state index is 9.21. The van der Waals surface area contributed by atoms with Crippen LogP contribution in [0.4, 0.5) is 0 Å². The minimum atomic E-state index is -0.622. The molecule has 0 amide bonds. The smallest absolute Gasteiger partial charge is 0.0894 e. The van der Waals surface area contributed by atoms with Crippen molar-refractivity contribution in [1.29, 1.82) is 0 Å². The third kappa shape index (κ3) is 22.5. The summed E-state index contributed by atoms with van der Waals surface area (Å²) in [5.74, 6) is 0.509. The lowest BCUT2D eigenvalue weighted by Gasteiger charge is -2.13. The lowest BCUT2D eigenvalue weighted by Crippen LogP contribution is -2.29. The van der Waals surface area contributed by atoms with Crippen molar-refractivity contribution < 1.29 is 20.4 Å². The van der Waals surface area contributed by atoms with Crippen molar-refractivity contribution in [2.75, 3.05) is 32.9 Å². The number of rotatable bonds is 25. The van der Waals surface area contributed by atoms with Gasteiger partial charge in [-0.2, -0.15) is 0 Å². The molecule has 0 aliphatic carbocycles. The van der Waals surface area contributed by atoms with Gasteiger partial charge in [-0.1, -0.05) is 96.3 Å². The maximum absolute atomic E-state index is 9.21. The number of hydrogen-bond acceptors (Lipinski definition) is 5. The van der Waals surface area contributed by atoms with Crippen LogP contribution in [0.15, 0.2) is 0 Å². The molecule has 0 rings (SSSR count). The molecule has 1 unspecified atom stereocenters. The Balaban J connectivity index is 3.14. The molecular weight excluding hydrogens is 378 g/mol. The monoisotopic (exact) mass is 431 g/mol. The highest BCUT2D eigenvalue weighted by molar-refractivity contribution is 4.60. The SMILES string of the molecule is OCCC(CCO)CCCCCCCCCCCCCCCCCNCC(O)CO. The number of unbranched alkanes of at least 4 members (excludes halogenated alkanes) is 14. The van der Waals surface area contributed by atoms with Crippen LogP contribution in [0.1, 0.15) is 116 Å². The molecule has 0 saturated heterocycles. The Bertz CT molecular complexity index is 312. The van der Waals surface area contributed by atoms with Gasteiger partial charge in [0.1, 0.15) is 0 Å². The Morgan fingerprint density at radius 3 is 1.30 bits per heavy atom. The molecule has 0 aliphatic rings. The van der Waals surface area contributed by atoms with Crippen LogP contribution in [0.2, 0.25) is 0 Å². The zero-order valence-corrected chi connectivity index (χ0v) is 19.7. The molecule has 5 heteroatoms. The summed E-state index contributed by atoms with van der Waals surface area (Å²) in [7, 11) is 0. The predicted octanol–water partition coefficient (Wildman–Crippen LogP) is 4.55. The van der Waals surface area contributed by atoms with Gasteiger partial charge in [0.2, 0.25) is 0 Å². The first-order valence-corrected chi connectivity index (χ1v) is 13.0. The van der Waals surface area contributed by atoms with Crippen molar-refractivity contribution >= 4 is 0 Å². The van der Waals surface area contributed by atoms with Crippen LogP contribution < -0.4 is 5.32 Å². The summed E-state index contributed by atoms with van der Waals surface area (Å²) < 4.78 is 0. The fourth-order valence-corrected chi connectivity index (χ4v) is 4.11. The van der Waals surface area contributed by atoms with E-state index in [0.29, 0.717) is 12.5 Å². The first-order valence-electron chi connectivity index (χ1n) is 13.0. The Kier molecular flexibility index (Phi) is 24.9. The average molecular weight is 432 g/mol. The fourth-order valence-electron chi connectivity index (χ4n) is 4.11. The Hall–Kier alpha value is -0.200. The summed E-state index contributed by atoms with van der Waals surface area (Å²) in [6.45, 7) is 1.77. The Morgan fingerprint density at radius 2 is 0.900 bits per heavy atom. The van der Waals surface area contributed by atoms with Crippen LogP contribution in [0.3, 0.4) is 0 Å². The molecule has 0 aromatic carbocycles. The second-order valence-electron chi connectivity index (χ2n) is 9.02. The molecule has 1 atom stereocenters. The summed E-state index contributed by atoms with van der Waals surface area (Å²) in [5.41, 5.74) is 0. The van der Waals surface area contributed by atoms with Crippen LogP contribution in [0, 0.1) is 5.92 Å². The number of hydrogen-bond donors (Lipinski definition) is 5. The largest absolute Gasteiger partial charge is 0.396 e. The standard InChI is InChI=1S/C25H53NO4/c27-20-17-24(18-21-28)16-14-12-10-8-6-4-2-1-3-5-7-9-11-13-15-19-26-22-25(30)23-29/h24-30H,1-23H2. The van der Waals surface area contributed by atoms with Crippen molar-refractivity contribution in [3.05, 3.63) is 0 Å². The van der Waals surface area contributed by atoms with Gasteiger partial charge >= 0.3 is 0 Å². The first-order chi connectivity index (χ1) is 14.7. The molecule has 0 heterocycles. The zero-order chi connectivity index (χ0) is 22.1. The molecule has 0 spiro atoms. The van der Waals surface area contributed by atoms with E-state index in [1.165, 1.54) is 89.9 Å². The highest BCUT2D eigenvalue weighted by Gasteiger charge is 2.07. The van der Waals surface area contributed by atoms with Gasteiger partial charge in [0.15, 0.2) is 0 Å². The molecule has 5 N–H and O–H groups in total. The molecular formula is C25H53NO4. The van der Waals surface area contributed by atoms with Crippen molar-refractivity contribution in [2.45, 2.75) is 122 Å². The Labute approximate surface area is 186 Å². The molecule has 30 heavy (non-hydrogen) atoms. The summed E-state index contributed by atoms with van der Waals surface area (Å²) in [5, 5.41) is 39.2. The third-order valence-electron chi connectivity index (χ3n) is 6.13. The first kappa shape index (κ1) is 29.8. The van der Waals surface area contributed by atoms with Gasteiger partial charge in [-0.05, 0) is 31.7 Å². The third-order valence-corrected chi connectivity index (χ3v) is 6.13. The van der Waals surface area contributed by atoms with Gasteiger partial charge < -0.3 is 25.7 Å². The van der Waals surface area contributed by atoms with Gasteiger partial charge in [-0.25, -0.2) is 0 Å². The fraction of sp³-hybridized carbons (Fsp3) is 1.00. The van der Waals surface area contributed by atoms with Gasteiger partial charge in [0.25, 0.3) is 0 Å². The highest BCUT2D eigenvalue weighted by Crippen LogP contribution is 2.18. The van der Waals surface area contributed by atoms with E-state index in [1.807, 2.05) is 0 Å². The topological polar surface area (TPSA) is 93.0 Å². The van der Waals surface area contributed by atoms with Gasteiger partial charge in [-0.15, -0.1) is 0 Å². The summed E-state index contributed by atoms with van der Waals surface area (Å²) >= 11 is 0. The lowest BCUT2D eigenvalue weighted by molar-refractivity contribution is 0.0945. The molecule has 0 saturated carbocycles. The van der Waals surface area contributed by atoms with Gasteiger partial charge in [0.05, 0.1) is 12.7 Å². The second kappa shape index (κ2) is 25.1. The van der Waals surface area contributed by atoms with E-state index in [-0.39, 0.29) is 19.8 Å². The van der Waals surface area contributed by atoms with E-state index < -0.39 is 6.10 Å². The molecule has 0 radical (unpaired) electrons. The number of nitrogens with one attached hydrogen (secondary N) is 1. The maximum Gasteiger partial charge on any atom is 0.0894 e. The van der Waals surface area contributed by atoms with Crippen molar-refractivity contribution in [2.24, 2.45) is 5.92 Å². The molecule has 0 aliphatic heterocycles. The Morgan fingerprint density at radius 1 is 0.500 bits per heavy atom. The van der Waals surface area contributed by atoms with E-state index in [4.69, 9.17) is 15.3 Å². The summed E-state index contributed by atoms with van der Waals surface area (Å²) in [6, 6.07) is 0. The molecule has 0 aromatic rings. The van der Waals surface area contributed by atoms with E-state index in [1.54, 1.807) is 0 Å². The average Bonchev–Trinajstić information content (AvgIpc) is 2.75. The highest BCUT2D eigenvalue weighted by atomic mass is 16.3. The molecule has 0 bridgehead atoms. The lowest BCUT2D eigenvalue weighted by atomic mass is 9.94. The summed E-state index contributed by atoms with van der Waals surface area (Å²) in [6.07, 6.45) is 22.2. The zero-order valence-electron chi connectivity index (χ0n) is 19.7. The van der Waals surface area contributed by atoms with Gasteiger partial charge in [-0.3, -0.25) is 0 Å². The van der Waals surface area contributed by atoms with E-state index in [2.05, 4.69) is 5.32 Å². The number of aliphatic hydroxyl groups excluding tert-OH is 4. The van der Waals surface area contributed by atoms with Crippen LogP contribution in [0.25, 0.3) is 0 Å². The van der Waals surface area contributed by atoms with E-state index >= 15 is 0 Å². The minimum Gasteiger partial charge on any atom is -0.396 e. The van der Waals surface area contributed by atoms with E-state index in [9.17, 15) is 5.11 Å². The van der Waals surface area contributed by atoms with Crippen LogP contribution >= 0.6 is 0 Å². The summed E-state index contributed by atoms with van der Waals surface area (Å²) in [4.78, 5) is 0. The van der Waals surface area contributed by atoms with Crippen LogP contribution in [-0.4, -0.2) is 59.4 Å². The molecule has 0 aromatic heterocycles. The van der Waals surface area contributed by atoms with Gasteiger partial charge in [0, 0.05) is 19.8 Å². The number of aliphatic hydroxyl groups is 4. The van der Waals surface area contributed by atoms with Crippen molar-refractivity contribution in [3.63, 3.8) is 0 Å². The molecule has 182 valence electrons. The molecule has 5 nitrogen and oxygen atoms in total. The van der Waals surface area contributed by atoms with Crippen LogP contribution in [0.5, 0.6) is 0 Å². The second-order valence-corrected chi connectivity index (χ2v) is 9.02. The normalized spacial score (nSPS) is 12.7. The quantitative estimate of drug-likeness (QED) is 0.137. The minimum absolute atomic E-state index is 0.160. The predicted molar refractivity (Wildman–Crippen MR) is 127 cm³/mol. The van der Waals surface area contributed by atoms with Crippen molar-refractivity contribution in [1.82, 2.24) is 5.32 Å².